The molecule has 0 bridgehead atoms. The van der Waals surface area contributed by atoms with E-state index in [4.69, 9.17) is 9.47 Å². The third-order valence-electron chi connectivity index (χ3n) is 4.52. The highest BCUT2D eigenvalue weighted by Gasteiger charge is 2.30. The van der Waals surface area contributed by atoms with Crippen LogP contribution in [-0.2, 0) is 29.1 Å². The number of nitrogens with one attached hydrogen (secondary N) is 2. The fourth-order valence-electron chi connectivity index (χ4n) is 2.93. The van der Waals surface area contributed by atoms with Crippen molar-refractivity contribution in [2.45, 2.75) is 24.9 Å². The molecule has 0 saturated carbocycles. The maximum Gasteiger partial charge on any atom is 0.407 e. The molecule has 28 heavy (non-hydrogen) atoms. The van der Waals surface area contributed by atoms with Crippen molar-refractivity contribution in [2.24, 2.45) is 0 Å². The zero-order valence-electron chi connectivity index (χ0n) is 15.8. The molecular weight excluding hydrogens is 414 g/mol. The van der Waals surface area contributed by atoms with Gasteiger partial charge in [0.05, 0.1) is 23.0 Å². The van der Waals surface area contributed by atoms with Gasteiger partial charge < -0.3 is 20.1 Å². The number of nitrogens with zero attached hydrogens (tertiary/aromatic N) is 1. The molecule has 2 rings (SSSR count). The second-order valence-electron chi connectivity index (χ2n) is 7.06. The van der Waals surface area contributed by atoms with Crippen LogP contribution >= 0.6 is 0 Å². The van der Waals surface area contributed by atoms with E-state index in [-0.39, 0.29) is 36.2 Å². The molecular formula is C15H27N3O8S2. The lowest BCUT2D eigenvalue weighted by Gasteiger charge is -2.18. The van der Waals surface area contributed by atoms with Crippen molar-refractivity contribution in [1.82, 2.24) is 15.5 Å². The second kappa shape index (κ2) is 9.74. The number of hydrogen-bond acceptors (Lipinski definition) is 9. The third-order valence-corrected chi connectivity index (χ3v) is 8.06. The van der Waals surface area contributed by atoms with Crippen molar-refractivity contribution in [3.63, 3.8) is 0 Å². The predicted octanol–water partition coefficient (Wildman–Crippen LogP) is -1.26. The van der Waals surface area contributed by atoms with Crippen molar-refractivity contribution in [2.75, 3.05) is 56.4 Å². The summed E-state index contributed by atoms with van der Waals surface area (Å²) < 4.78 is 55.4. The van der Waals surface area contributed by atoms with Gasteiger partial charge in [-0.15, -0.1) is 0 Å². The van der Waals surface area contributed by atoms with Crippen LogP contribution in [0.4, 0.5) is 9.59 Å². The van der Waals surface area contributed by atoms with Crippen LogP contribution in [0.15, 0.2) is 0 Å². The smallest absolute Gasteiger partial charge is 0.407 e. The van der Waals surface area contributed by atoms with Crippen LogP contribution in [0.1, 0.15) is 12.8 Å². The lowest BCUT2D eigenvalue weighted by atomic mass is 10.3. The van der Waals surface area contributed by atoms with Gasteiger partial charge in [0.2, 0.25) is 0 Å². The molecule has 0 aliphatic carbocycles. The van der Waals surface area contributed by atoms with Crippen LogP contribution < -0.4 is 10.6 Å². The highest BCUT2D eigenvalue weighted by molar-refractivity contribution is 7.91. The summed E-state index contributed by atoms with van der Waals surface area (Å²) in [5.74, 6) is 0.0258. The number of carbonyl (C=O) groups excluding carboxylic acids is 2. The van der Waals surface area contributed by atoms with Crippen LogP contribution in [0.2, 0.25) is 0 Å². The Hall–Kier alpha value is -1.60. The summed E-state index contributed by atoms with van der Waals surface area (Å²) in [6, 6.07) is -0.811. The van der Waals surface area contributed by atoms with Crippen molar-refractivity contribution in [3.8, 4) is 0 Å². The number of amides is 2. The SMILES string of the molecule is CN(CCOC(=O)NC1CCS(=O)(=O)C1)CCOC(=O)NC1CCS(=O)(=O)C1. The second-order valence-corrected chi connectivity index (χ2v) is 11.5. The minimum absolute atomic E-state index is 0.0613. The zero-order valence-corrected chi connectivity index (χ0v) is 17.4. The first-order valence-corrected chi connectivity index (χ1v) is 12.6. The Morgan fingerprint density at radius 3 is 1.57 bits per heavy atom. The summed E-state index contributed by atoms with van der Waals surface area (Å²) in [5, 5.41) is 5.05. The number of ether oxygens (including phenoxy) is 2. The molecule has 162 valence electrons. The molecule has 2 aliphatic heterocycles. The van der Waals surface area contributed by atoms with Crippen molar-refractivity contribution in [1.29, 1.82) is 0 Å². The van der Waals surface area contributed by atoms with Gasteiger partial charge in [-0.3, -0.25) is 4.90 Å². The van der Waals surface area contributed by atoms with Gasteiger partial charge in [-0.25, -0.2) is 26.4 Å². The quantitative estimate of drug-likeness (QED) is 0.471. The molecule has 2 atom stereocenters. The number of carbonyl (C=O) groups is 2. The lowest BCUT2D eigenvalue weighted by Crippen LogP contribution is -2.38. The van der Waals surface area contributed by atoms with E-state index in [1.165, 1.54) is 0 Å². The van der Waals surface area contributed by atoms with Crippen LogP contribution in [0, 0.1) is 0 Å². The zero-order chi connectivity index (χ0) is 20.8. The molecule has 0 spiro atoms. The first-order valence-electron chi connectivity index (χ1n) is 9.01. The molecule has 0 aromatic heterocycles. The topological polar surface area (TPSA) is 148 Å². The molecule has 0 aromatic carbocycles. The Bertz CT molecular complexity index is 704. The van der Waals surface area contributed by atoms with Gasteiger partial charge in [-0.2, -0.15) is 0 Å². The molecule has 13 heteroatoms. The molecule has 2 unspecified atom stereocenters. The first kappa shape index (κ1) is 22.7. The molecule has 2 heterocycles. The first-order chi connectivity index (χ1) is 13.0. The van der Waals surface area contributed by atoms with Crippen LogP contribution in [0.5, 0.6) is 0 Å². The fourth-order valence-corrected chi connectivity index (χ4v) is 6.28. The number of rotatable bonds is 8. The van der Waals surface area contributed by atoms with E-state index < -0.39 is 43.9 Å². The van der Waals surface area contributed by atoms with E-state index in [9.17, 15) is 26.4 Å². The van der Waals surface area contributed by atoms with E-state index in [2.05, 4.69) is 10.6 Å². The molecule has 11 nitrogen and oxygen atoms in total. The average Bonchev–Trinajstić information content (AvgIpc) is 3.08. The van der Waals surface area contributed by atoms with E-state index in [0.717, 1.165) is 0 Å². The molecule has 2 aliphatic rings. The van der Waals surface area contributed by atoms with Gasteiger partial charge in [-0.1, -0.05) is 0 Å². The lowest BCUT2D eigenvalue weighted by molar-refractivity contribution is 0.113. The van der Waals surface area contributed by atoms with Crippen molar-refractivity contribution < 1.29 is 35.9 Å². The summed E-state index contributed by atoms with van der Waals surface area (Å²) in [7, 11) is -4.36. The summed E-state index contributed by atoms with van der Waals surface area (Å²) in [6.07, 6.45) is -0.525. The van der Waals surface area contributed by atoms with E-state index >= 15 is 0 Å². The number of hydrogen-bond donors (Lipinski definition) is 2. The largest absolute Gasteiger partial charge is 0.448 e. The Kier molecular flexibility index (Phi) is 7.89. The normalized spacial score (nSPS) is 25.4. The standard InChI is InChI=1S/C15H27N3O8S2/c1-18(4-6-25-14(19)16-12-2-8-27(21,22)10-12)5-7-26-15(20)17-13-3-9-28(23,24)11-13/h12-13H,2-11H2,1H3,(H,16,19)(H,17,20). The minimum Gasteiger partial charge on any atom is -0.448 e. The van der Waals surface area contributed by atoms with Crippen molar-refractivity contribution in [3.05, 3.63) is 0 Å². The molecule has 2 amide bonds. The van der Waals surface area contributed by atoms with Crippen LogP contribution in [0.25, 0.3) is 0 Å². The molecule has 2 N–H and O–H groups in total. The van der Waals surface area contributed by atoms with Gasteiger partial charge in [0.25, 0.3) is 0 Å². The molecule has 2 fully saturated rings. The van der Waals surface area contributed by atoms with Crippen LogP contribution in [-0.4, -0.2) is 102 Å². The number of alkyl carbamates (subject to hydrolysis) is 2. The van der Waals surface area contributed by atoms with Gasteiger partial charge in [-0.05, 0) is 19.9 Å². The summed E-state index contributed by atoms with van der Waals surface area (Å²) >= 11 is 0. The summed E-state index contributed by atoms with van der Waals surface area (Å²) in [4.78, 5) is 25.1. The average molecular weight is 442 g/mol. The summed E-state index contributed by atoms with van der Waals surface area (Å²) in [6.45, 7) is 1.02. The van der Waals surface area contributed by atoms with E-state index in [1.807, 2.05) is 0 Å². The van der Waals surface area contributed by atoms with Crippen LogP contribution in [0.3, 0.4) is 0 Å². The highest BCUT2D eigenvalue weighted by Crippen LogP contribution is 2.12. The minimum atomic E-state index is -3.06. The highest BCUT2D eigenvalue weighted by atomic mass is 32.2. The van der Waals surface area contributed by atoms with E-state index in [0.29, 0.717) is 25.9 Å². The molecule has 0 radical (unpaired) electrons. The molecule has 0 aromatic rings. The Labute approximate surface area is 164 Å². The van der Waals surface area contributed by atoms with Crippen molar-refractivity contribution >= 4 is 31.9 Å². The molecule has 2 saturated heterocycles. The van der Waals surface area contributed by atoms with Gasteiger partial charge >= 0.3 is 12.2 Å². The van der Waals surface area contributed by atoms with Gasteiger partial charge in [0.1, 0.15) is 13.2 Å². The maximum atomic E-state index is 11.6. The Morgan fingerprint density at radius 2 is 1.25 bits per heavy atom. The number of likely N-dealkylation sites (N-methyl/N-ethyl adjacent to an activating group) is 1. The third kappa shape index (κ3) is 8.19. The Morgan fingerprint density at radius 1 is 0.857 bits per heavy atom. The fraction of sp³-hybridized carbons (Fsp3) is 0.867. The van der Waals surface area contributed by atoms with E-state index in [1.54, 1.807) is 11.9 Å². The number of sulfone groups is 2. The van der Waals surface area contributed by atoms with Gasteiger partial charge in [0, 0.05) is 25.2 Å². The monoisotopic (exact) mass is 441 g/mol. The Balaban J connectivity index is 1.51. The predicted molar refractivity (Wildman–Crippen MR) is 101 cm³/mol. The maximum absolute atomic E-state index is 11.6. The summed E-state index contributed by atoms with van der Waals surface area (Å²) in [5.41, 5.74) is 0. The van der Waals surface area contributed by atoms with Gasteiger partial charge in [0.15, 0.2) is 19.7 Å².